The number of nitrogens with zero attached hydrogens (tertiary/aromatic N) is 5. The molecule has 0 bridgehead atoms. The second-order valence-electron chi connectivity index (χ2n) is 9.90. The summed E-state index contributed by atoms with van der Waals surface area (Å²) >= 11 is 0. The number of nitriles is 1. The molecule has 13 nitrogen and oxygen atoms in total. The van der Waals surface area contributed by atoms with Crippen molar-refractivity contribution in [2.45, 2.75) is 44.1 Å². The van der Waals surface area contributed by atoms with Gasteiger partial charge in [-0.05, 0) is 40.6 Å². The van der Waals surface area contributed by atoms with E-state index in [0.29, 0.717) is 24.5 Å². The molecule has 41 heavy (non-hydrogen) atoms. The minimum absolute atomic E-state index is 0.0666. The number of rotatable bonds is 9. The summed E-state index contributed by atoms with van der Waals surface area (Å²) in [5.74, 6) is 0. The fraction of sp³-hybridized carbons (Fsp3) is 0.444. The van der Waals surface area contributed by atoms with E-state index in [1.807, 2.05) is 24.3 Å². The highest BCUT2D eigenvalue weighted by Gasteiger charge is 2.37. The zero-order valence-electron chi connectivity index (χ0n) is 22.5. The molecule has 0 aliphatic carbocycles. The Bertz CT molecular complexity index is 1550. The molecule has 14 heteroatoms. The smallest absolute Gasteiger partial charge is 0.251 e. The van der Waals surface area contributed by atoms with Gasteiger partial charge in [-0.2, -0.15) is 5.26 Å². The lowest BCUT2D eigenvalue weighted by atomic mass is 10.0. The van der Waals surface area contributed by atoms with Gasteiger partial charge < -0.3 is 29.3 Å². The number of hydrogen-bond acceptors (Lipinski definition) is 11. The highest BCUT2D eigenvalue weighted by molar-refractivity contribution is 7.93. The number of anilines is 1. The Morgan fingerprint density at radius 2 is 1.98 bits per heavy atom. The van der Waals surface area contributed by atoms with Gasteiger partial charge in [0.25, 0.3) is 10.0 Å². The van der Waals surface area contributed by atoms with Crippen LogP contribution < -0.4 is 9.62 Å². The lowest BCUT2D eigenvalue weighted by molar-refractivity contribution is -0.245. The van der Waals surface area contributed by atoms with E-state index in [1.165, 1.54) is 24.1 Å². The van der Waals surface area contributed by atoms with Crippen molar-refractivity contribution in [1.29, 1.82) is 5.26 Å². The van der Waals surface area contributed by atoms with E-state index in [-0.39, 0.29) is 19.5 Å². The van der Waals surface area contributed by atoms with Crippen molar-refractivity contribution in [2.75, 3.05) is 38.3 Å². The standard InChI is InChI=1S/C27H32N6O7S/c1-38-26-13-24(34)27(35)25(40-26)17-33-16-21(30-31-33)15-29-41(36,37)23(14-28)11-18-2-3-20-12-22(5-4-19(20)10-18)32-6-8-39-9-7-32/h2-5,10-12,16,24-27,29,34-35H,6-9,13,15,17H2,1H3/b23-11+/t24-,25-,26+,27+/m1/s1. The van der Waals surface area contributed by atoms with Crippen LogP contribution in [0, 0.1) is 11.3 Å². The lowest BCUT2D eigenvalue weighted by Gasteiger charge is -2.36. The van der Waals surface area contributed by atoms with Gasteiger partial charge >= 0.3 is 0 Å². The lowest BCUT2D eigenvalue weighted by Crippen LogP contribution is -2.50. The number of ether oxygens (including phenoxy) is 3. The molecule has 3 aromatic rings. The molecule has 2 fully saturated rings. The van der Waals surface area contributed by atoms with Crippen molar-refractivity contribution in [1.82, 2.24) is 19.7 Å². The highest BCUT2D eigenvalue weighted by Crippen LogP contribution is 2.25. The van der Waals surface area contributed by atoms with Crippen LogP contribution in [0.5, 0.6) is 0 Å². The number of methoxy groups -OCH3 is 1. The number of morpholine rings is 1. The number of sulfonamides is 1. The van der Waals surface area contributed by atoms with E-state index < -0.39 is 39.5 Å². The first kappa shape index (κ1) is 29.1. The molecule has 0 amide bonds. The first-order valence-corrected chi connectivity index (χ1v) is 14.7. The third-order valence-electron chi connectivity index (χ3n) is 7.12. The molecular formula is C27H32N6O7S. The van der Waals surface area contributed by atoms with E-state index >= 15 is 0 Å². The summed E-state index contributed by atoms with van der Waals surface area (Å²) < 4.78 is 45.8. The maximum Gasteiger partial charge on any atom is 0.251 e. The number of aliphatic hydroxyl groups is 2. The molecule has 3 heterocycles. The highest BCUT2D eigenvalue weighted by atomic mass is 32.2. The monoisotopic (exact) mass is 584 g/mol. The molecule has 3 N–H and O–H groups in total. The largest absolute Gasteiger partial charge is 0.390 e. The van der Waals surface area contributed by atoms with Crippen molar-refractivity contribution in [3.63, 3.8) is 0 Å². The van der Waals surface area contributed by atoms with Crippen LogP contribution >= 0.6 is 0 Å². The van der Waals surface area contributed by atoms with E-state index in [2.05, 4.69) is 26.0 Å². The zero-order valence-corrected chi connectivity index (χ0v) is 23.3. The number of nitrogens with one attached hydrogen (secondary N) is 1. The van der Waals surface area contributed by atoms with Gasteiger partial charge in [-0.1, -0.05) is 23.4 Å². The average molecular weight is 585 g/mol. The van der Waals surface area contributed by atoms with Gasteiger partial charge in [0.2, 0.25) is 0 Å². The minimum atomic E-state index is -4.15. The van der Waals surface area contributed by atoms with Crippen molar-refractivity contribution >= 4 is 32.6 Å². The van der Waals surface area contributed by atoms with Crippen molar-refractivity contribution in [2.24, 2.45) is 0 Å². The molecule has 2 aromatic carbocycles. The summed E-state index contributed by atoms with van der Waals surface area (Å²) in [6, 6.07) is 13.4. The molecule has 0 spiro atoms. The second kappa shape index (κ2) is 12.6. The molecule has 0 saturated carbocycles. The Morgan fingerprint density at radius 1 is 1.22 bits per heavy atom. The fourth-order valence-corrected chi connectivity index (χ4v) is 5.74. The Balaban J connectivity index is 1.23. The quantitative estimate of drug-likeness (QED) is 0.303. The molecule has 0 radical (unpaired) electrons. The number of allylic oxidation sites excluding steroid dienone is 1. The van der Waals surface area contributed by atoms with Crippen LogP contribution in [-0.4, -0.2) is 91.6 Å². The van der Waals surface area contributed by atoms with E-state index in [0.717, 1.165) is 29.5 Å². The van der Waals surface area contributed by atoms with E-state index in [9.17, 15) is 23.9 Å². The summed E-state index contributed by atoms with van der Waals surface area (Å²) in [6.07, 6.45) is -0.657. The number of aliphatic hydroxyl groups excluding tert-OH is 2. The van der Waals surface area contributed by atoms with Gasteiger partial charge in [-0.15, -0.1) is 5.10 Å². The number of hydrogen-bond donors (Lipinski definition) is 3. The first-order chi connectivity index (χ1) is 19.8. The summed E-state index contributed by atoms with van der Waals surface area (Å²) in [4.78, 5) is 1.82. The average Bonchev–Trinajstić information content (AvgIpc) is 3.44. The van der Waals surface area contributed by atoms with Crippen LogP contribution in [0.15, 0.2) is 47.5 Å². The number of benzene rings is 2. The van der Waals surface area contributed by atoms with Crippen molar-refractivity contribution < 1.29 is 32.8 Å². The Kier molecular flexibility index (Phi) is 8.95. The van der Waals surface area contributed by atoms with Crippen molar-refractivity contribution in [3.8, 4) is 6.07 Å². The summed E-state index contributed by atoms with van der Waals surface area (Å²) in [6.45, 7) is 2.91. The van der Waals surface area contributed by atoms with Crippen molar-refractivity contribution in [3.05, 3.63) is 58.8 Å². The van der Waals surface area contributed by atoms with Gasteiger partial charge in [-0.3, -0.25) is 0 Å². The minimum Gasteiger partial charge on any atom is -0.390 e. The van der Waals surface area contributed by atoms with Crippen LogP contribution in [0.1, 0.15) is 17.7 Å². The Hall–Kier alpha value is -3.42. The molecule has 2 aliphatic heterocycles. The summed E-state index contributed by atoms with van der Waals surface area (Å²) in [5, 5.41) is 39.7. The van der Waals surface area contributed by atoms with Gasteiger partial charge in [0, 0.05) is 38.5 Å². The summed E-state index contributed by atoms with van der Waals surface area (Å²) in [5.41, 5.74) is 1.97. The van der Waals surface area contributed by atoms with Crippen LogP contribution in [0.4, 0.5) is 5.69 Å². The maximum atomic E-state index is 12.9. The van der Waals surface area contributed by atoms with Gasteiger partial charge in [0.15, 0.2) is 11.2 Å². The molecule has 0 unspecified atom stereocenters. The van der Waals surface area contributed by atoms with Gasteiger partial charge in [-0.25, -0.2) is 17.8 Å². The van der Waals surface area contributed by atoms with Crippen LogP contribution in [-0.2, 0) is 37.3 Å². The predicted octanol–water partition coefficient (Wildman–Crippen LogP) is 0.735. The molecule has 1 aromatic heterocycles. The Morgan fingerprint density at radius 3 is 2.73 bits per heavy atom. The van der Waals surface area contributed by atoms with E-state index in [1.54, 1.807) is 12.1 Å². The summed E-state index contributed by atoms with van der Waals surface area (Å²) in [7, 11) is -2.71. The molecule has 2 aliphatic rings. The molecule has 2 saturated heterocycles. The number of aromatic nitrogens is 3. The van der Waals surface area contributed by atoms with Crippen LogP contribution in [0.25, 0.3) is 16.8 Å². The topological polar surface area (TPSA) is 172 Å². The van der Waals surface area contributed by atoms with Gasteiger partial charge in [0.05, 0.1) is 38.1 Å². The second-order valence-corrected chi connectivity index (χ2v) is 11.6. The predicted molar refractivity (Wildman–Crippen MR) is 149 cm³/mol. The molecule has 218 valence electrons. The molecule has 4 atom stereocenters. The SMILES string of the molecule is CO[C@@H]1C[C@@H](O)[C@H](O)[C@@H](Cn2cc(CNS(=O)(=O)/C(C#N)=C/c3ccc4cc(N5CCOCC5)ccc4c3)nn2)O1. The number of fused-ring (bicyclic) bond motifs is 1. The molecule has 5 rings (SSSR count). The first-order valence-electron chi connectivity index (χ1n) is 13.2. The van der Waals surface area contributed by atoms with Crippen LogP contribution in [0.2, 0.25) is 0 Å². The fourth-order valence-electron chi connectivity index (χ4n) is 4.84. The molecular weight excluding hydrogens is 552 g/mol. The third kappa shape index (κ3) is 6.91. The Labute approximate surface area is 237 Å². The van der Waals surface area contributed by atoms with Gasteiger partial charge in [0.1, 0.15) is 18.3 Å². The zero-order chi connectivity index (χ0) is 29.0. The van der Waals surface area contributed by atoms with E-state index in [4.69, 9.17) is 14.2 Å². The van der Waals surface area contributed by atoms with Crippen LogP contribution in [0.3, 0.4) is 0 Å². The third-order valence-corrected chi connectivity index (χ3v) is 8.43. The normalized spacial score (nSPS) is 24.0. The maximum absolute atomic E-state index is 12.9.